The number of fused-ring (bicyclic) bond motifs is 1. The standard InChI is InChI=1S/C20H23N3O3S2/c1-3-11-23-18-10-9-16(28(21,25)26)12-17(18)22-20(23)27-13-19(24)15-7-5-14(4-2)6-8-15/h5-10,12H,3-4,11,13H2,1-2H3,(H2,21,25,26). The molecule has 0 amide bonds. The number of Topliss-reactive ketones (excluding diaryl/α,β-unsaturated/α-hetero) is 1. The Morgan fingerprint density at radius 1 is 1.14 bits per heavy atom. The molecule has 0 saturated heterocycles. The Hall–Kier alpha value is -2.16. The topological polar surface area (TPSA) is 95.0 Å². The average molecular weight is 418 g/mol. The number of imidazole rings is 1. The molecule has 3 rings (SSSR count). The minimum Gasteiger partial charge on any atom is -0.319 e. The van der Waals surface area contributed by atoms with Gasteiger partial charge in [-0.2, -0.15) is 0 Å². The summed E-state index contributed by atoms with van der Waals surface area (Å²) >= 11 is 1.36. The van der Waals surface area contributed by atoms with E-state index in [1.54, 1.807) is 6.07 Å². The van der Waals surface area contributed by atoms with Crippen LogP contribution >= 0.6 is 11.8 Å². The van der Waals surface area contributed by atoms with Crippen LogP contribution in [0.4, 0.5) is 0 Å². The Kier molecular flexibility index (Phi) is 6.22. The van der Waals surface area contributed by atoms with E-state index in [2.05, 4.69) is 18.8 Å². The smallest absolute Gasteiger partial charge is 0.238 e. The number of primary sulfonamides is 1. The molecule has 1 heterocycles. The predicted molar refractivity (Wildman–Crippen MR) is 112 cm³/mol. The second-order valence-corrected chi connectivity index (χ2v) is 9.01. The second kappa shape index (κ2) is 8.46. The molecule has 0 bridgehead atoms. The molecule has 3 aromatic rings. The Bertz CT molecular complexity index is 1100. The van der Waals surface area contributed by atoms with Gasteiger partial charge in [0.1, 0.15) is 0 Å². The van der Waals surface area contributed by atoms with Gasteiger partial charge in [-0.25, -0.2) is 18.5 Å². The van der Waals surface area contributed by atoms with Gasteiger partial charge in [0.25, 0.3) is 0 Å². The zero-order valence-electron chi connectivity index (χ0n) is 15.9. The Morgan fingerprint density at radius 3 is 2.46 bits per heavy atom. The van der Waals surface area contributed by atoms with Gasteiger partial charge in [-0.3, -0.25) is 4.79 Å². The van der Waals surface area contributed by atoms with Crippen molar-refractivity contribution in [3.8, 4) is 0 Å². The average Bonchev–Trinajstić information content (AvgIpc) is 3.02. The molecular formula is C20H23N3O3S2. The maximum Gasteiger partial charge on any atom is 0.238 e. The fourth-order valence-electron chi connectivity index (χ4n) is 2.95. The van der Waals surface area contributed by atoms with E-state index < -0.39 is 10.0 Å². The zero-order chi connectivity index (χ0) is 20.3. The maximum atomic E-state index is 12.5. The van der Waals surface area contributed by atoms with Crippen LogP contribution in [0.25, 0.3) is 11.0 Å². The van der Waals surface area contributed by atoms with Crippen LogP contribution in [-0.4, -0.2) is 29.5 Å². The van der Waals surface area contributed by atoms with E-state index in [9.17, 15) is 13.2 Å². The Labute approximate surface area is 169 Å². The third-order valence-corrected chi connectivity index (χ3v) is 6.36. The molecule has 8 heteroatoms. The fourth-order valence-corrected chi connectivity index (χ4v) is 4.42. The van der Waals surface area contributed by atoms with E-state index in [-0.39, 0.29) is 16.4 Å². The lowest BCUT2D eigenvalue weighted by Crippen LogP contribution is -2.11. The number of aromatic nitrogens is 2. The van der Waals surface area contributed by atoms with Crippen molar-refractivity contribution in [1.29, 1.82) is 0 Å². The molecule has 2 aromatic carbocycles. The van der Waals surface area contributed by atoms with Crippen molar-refractivity contribution in [2.75, 3.05) is 5.75 Å². The minimum atomic E-state index is -3.79. The highest BCUT2D eigenvalue weighted by atomic mass is 32.2. The Balaban J connectivity index is 1.86. The molecule has 0 spiro atoms. The molecule has 148 valence electrons. The summed E-state index contributed by atoms with van der Waals surface area (Å²) in [4.78, 5) is 17.1. The van der Waals surface area contributed by atoms with Crippen LogP contribution < -0.4 is 5.14 Å². The molecule has 0 saturated carbocycles. The highest BCUT2D eigenvalue weighted by Crippen LogP contribution is 2.27. The SMILES string of the molecule is CCCn1c(SCC(=O)c2ccc(CC)cc2)nc2cc(S(N)(=O)=O)ccc21. The van der Waals surface area contributed by atoms with Gasteiger partial charge in [-0.15, -0.1) is 0 Å². The van der Waals surface area contributed by atoms with Crippen LogP contribution in [0.2, 0.25) is 0 Å². The van der Waals surface area contributed by atoms with Crippen LogP contribution in [-0.2, 0) is 23.0 Å². The summed E-state index contributed by atoms with van der Waals surface area (Å²) in [6.07, 6.45) is 1.83. The van der Waals surface area contributed by atoms with E-state index >= 15 is 0 Å². The molecule has 2 N–H and O–H groups in total. The van der Waals surface area contributed by atoms with Crippen molar-refractivity contribution in [2.24, 2.45) is 5.14 Å². The van der Waals surface area contributed by atoms with Crippen molar-refractivity contribution in [2.45, 2.75) is 43.3 Å². The third-order valence-electron chi connectivity index (χ3n) is 4.48. The molecule has 0 aliphatic carbocycles. The summed E-state index contributed by atoms with van der Waals surface area (Å²) in [7, 11) is -3.79. The fraction of sp³-hybridized carbons (Fsp3) is 0.300. The van der Waals surface area contributed by atoms with Gasteiger partial charge in [0.2, 0.25) is 10.0 Å². The van der Waals surface area contributed by atoms with Crippen LogP contribution in [0.3, 0.4) is 0 Å². The van der Waals surface area contributed by atoms with E-state index in [1.807, 2.05) is 28.8 Å². The van der Waals surface area contributed by atoms with Crippen molar-refractivity contribution in [3.63, 3.8) is 0 Å². The molecule has 6 nitrogen and oxygen atoms in total. The van der Waals surface area contributed by atoms with E-state index in [0.29, 0.717) is 16.2 Å². The van der Waals surface area contributed by atoms with Crippen LogP contribution in [0.5, 0.6) is 0 Å². The molecule has 0 unspecified atom stereocenters. The van der Waals surface area contributed by atoms with E-state index in [4.69, 9.17) is 5.14 Å². The first kappa shape index (κ1) is 20.6. The normalized spacial score (nSPS) is 11.8. The lowest BCUT2D eigenvalue weighted by Gasteiger charge is -2.07. The number of rotatable bonds is 8. The summed E-state index contributed by atoms with van der Waals surface area (Å²) in [5.74, 6) is 0.300. The van der Waals surface area contributed by atoms with Gasteiger partial charge < -0.3 is 4.57 Å². The first-order valence-electron chi connectivity index (χ1n) is 9.11. The molecule has 28 heavy (non-hydrogen) atoms. The number of nitrogens with two attached hydrogens (primary N) is 1. The quantitative estimate of drug-likeness (QED) is 0.446. The van der Waals surface area contributed by atoms with Crippen molar-refractivity contribution >= 4 is 38.6 Å². The van der Waals surface area contributed by atoms with E-state index in [0.717, 1.165) is 24.9 Å². The summed E-state index contributed by atoms with van der Waals surface area (Å²) in [5, 5.41) is 5.92. The predicted octanol–water partition coefficient (Wildman–Crippen LogP) is 3.63. The summed E-state index contributed by atoms with van der Waals surface area (Å²) in [5.41, 5.74) is 3.26. The van der Waals surface area contributed by atoms with Gasteiger partial charge in [0, 0.05) is 12.1 Å². The van der Waals surface area contributed by atoms with Gasteiger partial charge in [0.05, 0.1) is 21.7 Å². The third kappa shape index (κ3) is 4.45. The van der Waals surface area contributed by atoms with Crippen molar-refractivity contribution < 1.29 is 13.2 Å². The van der Waals surface area contributed by atoms with Gasteiger partial charge >= 0.3 is 0 Å². The lowest BCUT2D eigenvalue weighted by molar-refractivity contribution is 0.102. The molecule has 0 atom stereocenters. The Morgan fingerprint density at radius 2 is 1.86 bits per heavy atom. The monoisotopic (exact) mass is 417 g/mol. The van der Waals surface area contributed by atoms with E-state index in [1.165, 1.54) is 29.5 Å². The first-order valence-corrected chi connectivity index (χ1v) is 11.6. The van der Waals surface area contributed by atoms with Crippen LogP contribution in [0, 0.1) is 0 Å². The zero-order valence-corrected chi connectivity index (χ0v) is 17.5. The number of carbonyl (C=O) groups is 1. The molecule has 0 aliphatic rings. The highest BCUT2D eigenvalue weighted by Gasteiger charge is 2.16. The van der Waals surface area contributed by atoms with Gasteiger partial charge in [-0.1, -0.05) is 49.9 Å². The summed E-state index contributed by atoms with van der Waals surface area (Å²) in [6.45, 7) is 4.86. The molecule has 0 aliphatic heterocycles. The number of hydrogen-bond acceptors (Lipinski definition) is 5. The molecule has 0 fully saturated rings. The number of sulfonamides is 1. The second-order valence-electron chi connectivity index (χ2n) is 6.50. The highest BCUT2D eigenvalue weighted by molar-refractivity contribution is 7.99. The molecular weight excluding hydrogens is 394 g/mol. The number of carbonyl (C=O) groups excluding carboxylic acids is 1. The number of thioether (sulfide) groups is 1. The van der Waals surface area contributed by atoms with Crippen LogP contribution in [0.15, 0.2) is 52.5 Å². The largest absolute Gasteiger partial charge is 0.319 e. The number of ketones is 1. The number of benzene rings is 2. The van der Waals surface area contributed by atoms with Crippen molar-refractivity contribution in [1.82, 2.24) is 9.55 Å². The summed E-state index contributed by atoms with van der Waals surface area (Å²) in [6, 6.07) is 12.3. The first-order chi connectivity index (χ1) is 13.3. The number of aryl methyl sites for hydroxylation is 2. The number of nitrogens with zero attached hydrogens (tertiary/aromatic N) is 2. The van der Waals surface area contributed by atoms with Crippen molar-refractivity contribution in [3.05, 3.63) is 53.6 Å². The number of hydrogen-bond donors (Lipinski definition) is 1. The lowest BCUT2D eigenvalue weighted by atomic mass is 10.1. The summed E-state index contributed by atoms with van der Waals surface area (Å²) < 4.78 is 25.2. The van der Waals surface area contributed by atoms with Crippen LogP contribution in [0.1, 0.15) is 36.2 Å². The molecule has 1 aromatic heterocycles. The van der Waals surface area contributed by atoms with Gasteiger partial charge in [-0.05, 0) is 36.6 Å². The molecule has 0 radical (unpaired) electrons. The maximum absolute atomic E-state index is 12.5. The van der Waals surface area contributed by atoms with Gasteiger partial charge in [0.15, 0.2) is 10.9 Å². The minimum absolute atomic E-state index is 0.0322.